The number of aliphatic hydroxyl groups is 1. The van der Waals surface area contributed by atoms with Crippen LogP contribution in [0.5, 0.6) is 0 Å². The van der Waals surface area contributed by atoms with E-state index in [-0.39, 0.29) is 68.4 Å². The molecule has 0 bridgehead atoms. The first-order valence-electron chi connectivity index (χ1n) is 31.0. The number of carbonyl (C=O) groups excluding carboxylic acids is 10. The summed E-state index contributed by atoms with van der Waals surface area (Å²) in [5.41, 5.74) is 6.77. The molecule has 12 atom stereocenters. The molecule has 24 heteroatoms. The summed E-state index contributed by atoms with van der Waals surface area (Å²) in [7, 11) is 6.09. The van der Waals surface area contributed by atoms with Crippen molar-refractivity contribution < 1.29 is 67.3 Å². The molecule has 0 saturated carbocycles. The molecule has 492 valence electrons. The van der Waals surface area contributed by atoms with Gasteiger partial charge in [-0.05, 0) is 92.4 Å². The van der Waals surface area contributed by atoms with Gasteiger partial charge in [0.25, 0.3) is 0 Å². The number of nitrogens with one attached hydrogen (secondary N) is 6. The van der Waals surface area contributed by atoms with Crippen LogP contribution in [-0.4, -0.2) is 175 Å². The van der Waals surface area contributed by atoms with Crippen molar-refractivity contribution in [3.63, 3.8) is 0 Å². The second kappa shape index (κ2) is 37.6. The van der Waals surface area contributed by atoms with Gasteiger partial charge in [0.2, 0.25) is 41.4 Å². The molecular weight excluding hydrogens is 1130 g/mol. The van der Waals surface area contributed by atoms with Crippen LogP contribution in [0.25, 0.3) is 0 Å². The maximum absolute atomic E-state index is 14.8. The molecule has 0 aromatic heterocycles. The Kier molecular flexibility index (Phi) is 32.1. The molecule has 2 unspecified atom stereocenters. The minimum absolute atomic E-state index is 0.0868. The second-order valence-corrected chi connectivity index (χ2v) is 24.2. The average Bonchev–Trinajstić information content (AvgIpc) is 2.45. The molecule has 1 saturated heterocycles. The van der Waals surface area contributed by atoms with E-state index in [0.717, 1.165) is 6.29 Å². The highest BCUT2D eigenvalue weighted by molar-refractivity contribution is 5.98. The van der Waals surface area contributed by atoms with Gasteiger partial charge in [-0.25, -0.2) is 9.59 Å². The fraction of sp³-hybridized carbons (Fsp3) is 0.656. The normalized spacial score (nSPS) is 16.9. The van der Waals surface area contributed by atoms with Gasteiger partial charge in [0.15, 0.2) is 0 Å². The maximum atomic E-state index is 14.8. The number of primary amides is 1. The largest absolute Gasteiger partial charge is 0.445 e. The molecule has 0 radical (unpaired) electrons. The number of nitrogens with two attached hydrogens (primary N) is 1. The van der Waals surface area contributed by atoms with E-state index in [2.05, 4.69) is 31.9 Å². The van der Waals surface area contributed by atoms with Gasteiger partial charge in [-0.1, -0.05) is 111 Å². The molecule has 1 fully saturated rings. The van der Waals surface area contributed by atoms with Crippen LogP contribution in [-0.2, 0) is 59.2 Å². The van der Waals surface area contributed by atoms with Crippen LogP contribution < -0.4 is 37.6 Å². The summed E-state index contributed by atoms with van der Waals surface area (Å²) in [6.07, 6.45) is 1.24. The Labute approximate surface area is 520 Å². The number of carbonyl (C=O) groups is 10. The van der Waals surface area contributed by atoms with Crippen molar-refractivity contribution in [3.8, 4) is 0 Å². The van der Waals surface area contributed by atoms with Gasteiger partial charge in [0.05, 0.1) is 48.8 Å². The number of benzene rings is 2. The number of amides is 10. The van der Waals surface area contributed by atoms with Crippen LogP contribution in [0.2, 0.25) is 0 Å². The zero-order chi connectivity index (χ0) is 65.9. The Morgan fingerprint density at radius 3 is 1.97 bits per heavy atom. The van der Waals surface area contributed by atoms with Crippen molar-refractivity contribution >= 4 is 65.4 Å². The van der Waals surface area contributed by atoms with E-state index in [1.807, 2.05) is 32.0 Å². The number of rotatable bonds is 37. The smallest absolute Gasteiger partial charge is 0.410 e. The van der Waals surface area contributed by atoms with E-state index >= 15 is 0 Å². The predicted octanol–water partition coefficient (Wildman–Crippen LogP) is 5.35. The highest BCUT2D eigenvalue weighted by Crippen LogP contribution is 2.30. The molecule has 1 heterocycles. The summed E-state index contributed by atoms with van der Waals surface area (Å²) >= 11 is 0. The molecule has 1 aliphatic heterocycles. The van der Waals surface area contributed by atoms with Crippen molar-refractivity contribution in [2.75, 3.05) is 46.7 Å². The summed E-state index contributed by atoms with van der Waals surface area (Å²) in [5, 5.41) is 27.6. The molecular formula is C64H102N10O14. The molecule has 2 aromatic rings. The van der Waals surface area contributed by atoms with E-state index in [9.17, 15) is 53.1 Å². The lowest BCUT2D eigenvalue weighted by Gasteiger charge is -2.41. The van der Waals surface area contributed by atoms with E-state index < -0.39 is 114 Å². The number of methoxy groups -OCH3 is 2. The predicted molar refractivity (Wildman–Crippen MR) is 334 cm³/mol. The van der Waals surface area contributed by atoms with Crippen molar-refractivity contribution in [2.24, 2.45) is 35.3 Å². The van der Waals surface area contributed by atoms with Crippen molar-refractivity contribution in [1.29, 1.82) is 0 Å². The van der Waals surface area contributed by atoms with Gasteiger partial charge in [0.1, 0.15) is 37.1 Å². The van der Waals surface area contributed by atoms with Gasteiger partial charge in [-0.15, -0.1) is 0 Å². The first-order valence-corrected chi connectivity index (χ1v) is 31.0. The number of aldehydes is 1. The molecule has 1 aliphatic rings. The molecule has 24 nitrogen and oxygen atoms in total. The molecule has 9 N–H and O–H groups in total. The average molecular weight is 1240 g/mol. The van der Waals surface area contributed by atoms with Gasteiger partial charge in [0, 0.05) is 59.9 Å². The molecule has 2 aromatic carbocycles. The van der Waals surface area contributed by atoms with Gasteiger partial charge in [-0.3, -0.25) is 38.5 Å². The third kappa shape index (κ3) is 22.8. The number of anilines is 1. The Bertz CT molecular complexity index is 2570. The van der Waals surface area contributed by atoms with Crippen LogP contribution in [0.3, 0.4) is 0 Å². The third-order valence-electron chi connectivity index (χ3n) is 16.5. The minimum atomic E-state index is -1.08. The molecule has 10 amide bonds. The number of hydrogen-bond donors (Lipinski definition) is 8. The number of nitrogens with zero attached hydrogens (tertiary/aromatic N) is 3. The maximum Gasteiger partial charge on any atom is 0.410 e. The summed E-state index contributed by atoms with van der Waals surface area (Å²) in [4.78, 5) is 137. The van der Waals surface area contributed by atoms with Crippen LogP contribution in [0.4, 0.5) is 15.3 Å². The van der Waals surface area contributed by atoms with Crippen molar-refractivity contribution in [3.05, 3.63) is 65.7 Å². The first-order chi connectivity index (χ1) is 41.6. The van der Waals surface area contributed by atoms with Crippen molar-refractivity contribution in [2.45, 2.75) is 201 Å². The SMILES string of the molecule is CC[C@H](C)[C@@H]([C@@H](CC(=O)N1CCC[C@H]1[C@H](OC)[C@@H](C)C(=O)N[C@H](C)[C@@H](O)c1ccccc1)OC)N(C)C(=O)[C@@H](NC(=O)C(C(C)C)N(C)C(=O)OCc1ccc(NC(=O)[C@H](CCCNC(N)=O)NC(=O)C(NC(=O)CCCCC=O)C(C)C)cc1)C(C)C. The highest BCUT2D eigenvalue weighted by atomic mass is 16.6. The van der Waals surface area contributed by atoms with Crippen LogP contribution >= 0.6 is 0 Å². The number of aliphatic hydroxyl groups excluding tert-OH is 1. The Hall–Kier alpha value is -7.18. The summed E-state index contributed by atoms with van der Waals surface area (Å²) < 4.78 is 17.7. The first kappa shape index (κ1) is 75.1. The fourth-order valence-corrected chi connectivity index (χ4v) is 11.2. The number of hydrogen-bond acceptors (Lipinski definition) is 14. The standard InChI is InChI=1S/C64H102N10O14/c1-15-41(8)55(49(86-13)36-51(77)74-34-23-27-48(74)57(87-14)42(9)58(79)67-43(10)56(78)45-24-18-16-19-25-45)72(11)62(83)53(39(4)5)71-61(82)54(40(6)7)73(12)64(85)88-37-44-29-31-46(32-30-44)68-59(80)47(26-22-33-66-63(65)84)69-60(81)52(38(2)3)70-50(76)28-20-17-21-35-75/h16,18-19,24-25,29-32,35,38-43,47-49,52-57,78H,15,17,20-23,26-28,33-34,36-37H2,1-14H3,(H,67,79)(H,68,80)(H,69,81)(H,70,76)(H,71,82)(H3,65,66,84)/t41-,42+,43+,47-,48-,49+,52?,53-,54?,55-,56+,57+/m0/s1. The second-order valence-electron chi connectivity index (χ2n) is 24.2. The number of ether oxygens (including phenoxy) is 3. The van der Waals surface area contributed by atoms with Gasteiger partial charge >= 0.3 is 12.1 Å². The molecule has 0 aliphatic carbocycles. The monoisotopic (exact) mass is 1230 g/mol. The van der Waals surface area contributed by atoms with Crippen molar-refractivity contribution in [1.82, 2.24) is 41.3 Å². The van der Waals surface area contributed by atoms with Crippen LogP contribution in [0.15, 0.2) is 54.6 Å². The fourth-order valence-electron chi connectivity index (χ4n) is 11.2. The lowest BCUT2D eigenvalue weighted by atomic mass is 9.89. The van der Waals surface area contributed by atoms with E-state index in [1.54, 1.807) is 109 Å². The lowest BCUT2D eigenvalue weighted by molar-refractivity contribution is -0.148. The quantitative estimate of drug-likeness (QED) is 0.0312. The number of urea groups is 1. The Morgan fingerprint density at radius 1 is 0.750 bits per heavy atom. The lowest BCUT2D eigenvalue weighted by Crippen LogP contribution is -2.60. The number of likely N-dealkylation sites (tertiary alicyclic amines) is 1. The summed E-state index contributed by atoms with van der Waals surface area (Å²) in [6.45, 7) is 18.4. The zero-order valence-corrected chi connectivity index (χ0v) is 54.3. The molecule has 3 rings (SSSR count). The van der Waals surface area contributed by atoms with E-state index in [0.29, 0.717) is 61.9 Å². The van der Waals surface area contributed by atoms with Gasteiger partial charge < -0.3 is 71.5 Å². The third-order valence-corrected chi connectivity index (χ3v) is 16.5. The summed E-state index contributed by atoms with van der Waals surface area (Å²) in [6, 6.07) is 8.89. The van der Waals surface area contributed by atoms with Gasteiger partial charge in [-0.2, -0.15) is 0 Å². The molecule has 88 heavy (non-hydrogen) atoms. The summed E-state index contributed by atoms with van der Waals surface area (Å²) in [5.74, 6) is -5.12. The molecule has 0 spiro atoms. The minimum Gasteiger partial charge on any atom is -0.445 e. The number of likely N-dealkylation sites (N-methyl/N-ethyl adjacent to an activating group) is 2. The Balaban J connectivity index is 1.71. The topological polar surface area (TPSA) is 327 Å². The highest BCUT2D eigenvalue weighted by Gasteiger charge is 2.44. The van der Waals surface area contributed by atoms with E-state index in [1.165, 1.54) is 26.2 Å². The van der Waals surface area contributed by atoms with Crippen LogP contribution in [0.1, 0.15) is 151 Å². The zero-order valence-electron chi connectivity index (χ0n) is 54.3. The Morgan fingerprint density at radius 2 is 1.40 bits per heavy atom. The van der Waals surface area contributed by atoms with E-state index in [4.69, 9.17) is 19.9 Å². The number of unbranched alkanes of at least 4 members (excludes halogenated alkanes) is 2. The van der Waals surface area contributed by atoms with Crippen LogP contribution in [0, 0.1) is 29.6 Å².